The van der Waals surface area contributed by atoms with E-state index in [2.05, 4.69) is 10.0 Å². The Bertz CT molecular complexity index is 1490. The first-order chi connectivity index (χ1) is 17.8. The van der Waals surface area contributed by atoms with Crippen LogP contribution in [0.25, 0.3) is 0 Å². The van der Waals surface area contributed by atoms with Gasteiger partial charge in [0.15, 0.2) is 5.78 Å². The lowest BCUT2D eigenvalue weighted by Crippen LogP contribution is -2.23. The van der Waals surface area contributed by atoms with Crippen molar-refractivity contribution in [2.75, 3.05) is 5.32 Å². The maximum atomic E-state index is 13.0. The van der Waals surface area contributed by atoms with E-state index < -0.39 is 10.0 Å². The van der Waals surface area contributed by atoms with Crippen LogP contribution in [-0.2, 0) is 27.8 Å². The molecule has 2 N–H and O–H groups in total. The molecule has 0 radical (unpaired) electrons. The Morgan fingerprint density at radius 3 is 2.08 bits per heavy atom. The molecule has 0 aromatic heterocycles. The molecule has 0 spiro atoms. The average Bonchev–Trinajstić information content (AvgIpc) is 2.93. The van der Waals surface area contributed by atoms with Gasteiger partial charge < -0.3 is 5.32 Å². The highest BCUT2D eigenvalue weighted by molar-refractivity contribution is 7.89. The normalized spacial score (nSPS) is 11.2. The first-order valence-corrected chi connectivity index (χ1v) is 13.5. The van der Waals surface area contributed by atoms with Gasteiger partial charge in [-0.2, -0.15) is 0 Å². The number of nitrogens with one attached hydrogen (secondary N) is 2. The van der Waals surface area contributed by atoms with Crippen molar-refractivity contribution in [3.8, 4) is 0 Å². The van der Waals surface area contributed by atoms with Gasteiger partial charge >= 0.3 is 0 Å². The maximum Gasteiger partial charge on any atom is 0.240 e. The van der Waals surface area contributed by atoms with Crippen molar-refractivity contribution >= 4 is 39.0 Å². The van der Waals surface area contributed by atoms with Crippen LogP contribution in [0.5, 0.6) is 0 Å². The highest BCUT2D eigenvalue weighted by Crippen LogP contribution is 2.24. The van der Waals surface area contributed by atoms with E-state index in [-0.39, 0.29) is 29.6 Å². The minimum absolute atomic E-state index is 0.153. The molecule has 37 heavy (non-hydrogen) atoms. The molecule has 0 saturated heterocycles. The van der Waals surface area contributed by atoms with Gasteiger partial charge in [-0.3, -0.25) is 9.59 Å². The Balaban J connectivity index is 1.36. The summed E-state index contributed by atoms with van der Waals surface area (Å²) in [5, 5.41) is 3.20. The number of sulfonamides is 1. The SMILES string of the molecule is O=C(CCc1ccc(S(=O)(=O)NCc2ccccc2)cc1)Nc1ccc(Cl)cc1C(=O)c1ccccc1. The van der Waals surface area contributed by atoms with Gasteiger partial charge in [-0.1, -0.05) is 84.4 Å². The van der Waals surface area contributed by atoms with Crippen LogP contribution in [-0.4, -0.2) is 20.1 Å². The summed E-state index contributed by atoms with van der Waals surface area (Å²) in [6.45, 7) is 0.199. The molecule has 4 aromatic carbocycles. The monoisotopic (exact) mass is 532 g/mol. The van der Waals surface area contributed by atoms with Crippen molar-refractivity contribution in [1.29, 1.82) is 0 Å². The molecule has 0 heterocycles. The van der Waals surface area contributed by atoms with Gasteiger partial charge in [0.25, 0.3) is 0 Å². The highest BCUT2D eigenvalue weighted by atomic mass is 35.5. The fourth-order valence-corrected chi connectivity index (χ4v) is 4.91. The van der Waals surface area contributed by atoms with Crippen molar-refractivity contribution in [3.05, 3.63) is 130 Å². The molecule has 188 valence electrons. The molecule has 0 fully saturated rings. The standard InChI is InChI=1S/C29H25ClN2O4S/c30-24-14-17-27(26(19-24)29(34)23-9-5-2-6-10-23)32-28(33)18-13-21-11-15-25(16-12-21)37(35,36)31-20-22-7-3-1-4-8-22/h1-12,14-17,19,31H,13,18,20H2,(H,32,33). The number of hydrogen-bond acceptors (Lipinski definition) is 4. The molecule has 8 heteroatoms. The smallest absolute Gasteiger partial charge is 0.240 e. The van der Waals surface area contributed by atoms with Crippen molar-refractivity contribution in [1.82, 2.24) is 4.72 Å². The maximum absolute atomic E-state index is 13.0. The number of anilines is 1. The Morgan fingerprint density at radius 2 is 1.41 bits per heavy atom. The summed E-state index contributed by atoms with van der Waals surface area (Å²) in [5.74, 6) is -0.512. The van der Waals surface area contributed by atoms with Gasteiger partial charge in [0.1, 0.15) is 0 Å². The molecule has 0 bridgehead atoms. The summed E-state index contributed by atoms with van der Waals surface area (Å²) in [6.07, 6.45) is 0.555. The van der Waals surface area contributed by atoms with Gasteiger partial charge in [-0.05, 0) is 47.9 Å². The summed E-state index contributed by atoms with van der Waals surface area (Å²) < 4.78 is 27.8. The molecule has 0 saturated carbocycles. The molecular weight excluding hydrogens is 508 g/mol. The second-order valence-electron chi connectivity index (χ2n) is 8.39. The zero-order chi connectivity index (χ0) is 26.3. The number of aryl methyl sites for hydroxylation is 1. The number of ketones is 1. The fraction of sp³-hybridized carbons (Fsp3) is 0.103. The number of amides is 1. The molecule has 4 rings (SSSR count). The molecule has 0 unspecified atom stereocenters. The van der Waals surface area contributed by atoms with Gasteiger partial charge in [0.05, 0.1) is 10.6 Å². The van der Waals surface area contributed by atoms with Crippen molar-refractivity contribution in [2.45, 2.75) is 24.3 Å². The summed E-state index contributed by atoms with van der Waals surface area (Å²) in [5.41, 5.74) is 2.87. The molecule has 0 aliphatic rings. The van der Waals surface area contributed by atoms with E-state index in [1.54, 1.807) is 48.5 Å². The van der Waals surface area contributed by atoms with Crippen LogP contribution >= 0.6 is 11.6 Å². The predicted octanol–water partition coefficient (Wildman–Crippen LogP) is 5.62. The number of halogens is 1. The predicted molar refractivity (Wildman–Crippen MR) is 145 cm³/mol. The number of benzene rings is 4. The van der Waals surface area contributed by atoms with E-state index in [9.17, 15) is 18.0 Å². The zero-order valence-corrected chi connectivity index (χ0v) is 21.4. The first kappa shape index (κ1) is 26.3. The van der Waals surface area contributed by atoms with Gasteiger partial charge in [0.2, 0.25) is 15.9 Å². The van der Waals surface area contributed by atoms with Crippen LogP contribution in [0, 0.1) is 0 Å². The highest BCUT2D eigenvalue weighted by Gasteiger charge is 2.17. The van der Waals surface area contributed by atoms with Gasteiger partial charge in [-0.15, -0.1) is 0 Å². The van der Waals surface area contributed by atoms with E-state index in [0.717, 1.165) is 11.1 Å². The van der Waals surface area contributed by atoms with Crippen LogP contribution in [0.1, 0.15) is 33.5 Å². The largest absolute Gasteiger partial charge is 0.325 e. The first-order valence-electron chi connectivity index (χ1n) is 11.6. The van der Waals surface area contributed by atoms with Crippen molar-refractivity contribution in [3.63, 3.8) is 0 Å². The minimum atomic E-state index is -3.66. The third kappa shape index (κ3) is 7.13. The topological polar surface area (TPSA) is 92.3 Å². The molecular formula is C29H25ClN2O4S. The number of carbonyl (C=O) groups excluding carboxylic acids is 2. The Kier molecular flexibility index (Phi) is 8.50. The van der Waals surface area contributed by atoms with E-state index >= 15 is 0 Å². The third-order valence-corrected chi connectivity index (χ3v) is 7.37. The van der Waals surface area contributed by atoms with Crippen LogP contribution in [0.15, 0.2) is 108 Å². The lowest BCUT2D eigenvalue weighted by atomic mass is 10.0. The Labute approximate surface area is 221 Å². The second-order valence-corrected chi connectivity index (χ2v) is 10.6. The number of hydrogen-bond donors (Lipinski definition) is 2. The quantitative estimate of drug-likeness (QED) is 0.259. The van der Waals surface area contributed by atoms with E-state index in [1.165, 1.54) is 18.2 Å². The summed E-state index contributed by atoms with van der Waals surface area (Å²) in [6, 6.07) is 29.2. The van der Waals surface area contributed by atoms with Gasteiger partial charge in [-0.25, -0.2) is 13.1 Å². The van der Waals surface area contributed by atoms with Crippen LogP contribution in [0.2, 0.25) is 5.02 Å². The van der Waals surface area contributed by atoms with Crippen LogP contribution < -0.4 is 10.0 Å². The number of carbonyl (C=O) groups is 2. The molecule has 0 atom stereocenters. The van der Waals surface area contributed by atoms with E-state index in [4.69, 9.17) is 11.6 Å². The Hall–Kier alpha value is -3.78. The zero-order valence-electron chi connectivity index (χ0n) is 19.9. The van der Waals surface area contributed by atoms with Crippen molar-refractivity contribution in [2.24, 2.45) is 0 Å². The van der Waals surface area contributed by atoms with Crippen molar-refractivity contribution < 1.29 is 18.0 Å². The summed E-state index contributed by atoms with van der Waals surface area (Å²) in [4.78, 5) is 25.8. The molecule has 6 nitrogen and oxygen atoms in total. The lowest BCUT2D eigenvalue weighted by molar-refractivity contribution is -0.116. The minimum Gasteiger partial charge on any atom is -0.325 e. The molecule has 0 aliphatic heterocycles. The average molecular weight is 533 g/mol. The van der Waals surface area contributed by atoms with E-state index in [1.807, 2.05) is 36.4 Å². The van der Waals surface area contributed by atoms with Gasteiger partial charge in [0, 0.05) is 29.1 Å². The van der Waals surface area contributed by atoms with Crippen LogP contribution in [0.3, 0.4) is 0 Å². The molecule has 4 aromatic rings. The number of rotatable bonds is 10. The van der Waals surface area contributed by atoms with Crippen LogP contribution in [0.4, 0.5) is 5.69 Å². The summed E-state index contributed by atoms with van der Waals surface area (Å²) >= 11 is 6.11. The lowest BCUT2D eigenvalue weighted by Gasteiger charge is -2.12. The summed E-state index contributed by atoms with van der Waals surface area (Å²) in [7, 11) is -3.66. The molecule has 0 aliphatic carbocycles. The third-order valence-electron chi connectivity index (χ3n) is 5.72. The Morgan fingerprint density at radius 1 is 0.757 bits per heavy atom. The molecule has 1 amide bonds. The second kappa shape index (κ2) is 12.0. The fourth-order valence-electron chi connectivity index (χ4n) is 3.72. The van der Waals surface area contributed by atoms with E-state index in [0.29, 0.717) is 28.3 Å².